The van der Waals surface area contributed by atoms with Crippen LogP contribution < -0.4 is 5.32 Å². The van der Waals surface area contributed by atoms with Gasteiger partial charge in [-0.25, -0.2) is 4.79 Å². The van der Waals surface area contributed by atoms with Crippen LogP contribution in [0.4, 0.5) is 4.79 Å². The smallest absolute Gasteiger partial charge is 0.317 e. The predicted octanol–water partition coefficient (Wildman–Crippen LogP) is 2.51. The van der Waals surface area contributed by atoms with Gasteiger partial charge in [0, 0.05) is 37.3 Å². The molecule has 5 heteroatoms. The zero-order valence-corrected chi connectivity index (χ0v) is 12.3. The first-order chi connectivity index (χ1) is 9.22. The highest BCUT2D eigenvalue weighted by Crippen LogP contribution is 2.31. The third kappa shape index (κ3) is 3.62. The van der Waals surface area contributed by atoms with Crippen molar-refractivity contribution in [2.45, 2.75) is 37.1 Å². The number of carbonyl (C=O) groups excluding carboxylic acids is 1. The van der Waals surface area contributed by atoms with Gasteiger partial charge in [0.2, 0.25) is 0 Å². The van der Waals surface area contributed by atoms with Crippen molar-refractivity contribution in [3.05, 3.63) is 30.1 Å². The fourth-order valence-corrected chi connectivity index (χ4v) is 3.61. The quantitative estimate of drug-likeness (QED) is 0.921. The van der Waals surface area contributed by atoms with E-state index in [1.807, 2.05) is 35.8 Å². The van der Waals surface area contributed by atoms with E-state index in [1.165, 1.54) is 12.8 Å². The van der Waals surface area contributed by atoms with Crippen LogP contribution in [0, 0.1) is 0 Å². The number of amides is 2. The number of aromatic nitrogens is 1. The van der Waals surface area contributed by atoms with Crippen LogP contribution in [0.25, 0.3) is 0 Å². The number of hydrogen-bond donors (Lipinski definition) is 1. The van der Waals surface area contributed by atoms with E-state index >= 15 is 0 Å². The molecule has 1 saturated carbocycles. The molecule has 1 aliphatic rings. The van der Waals surface area contributed by atoms with Gasteiger partial charge in [0.25, 0.3) is 0 Å². The van der Waals surface area contributed by atoms with E-state index in [2.05, 4.69) is 16.6 Å². The SMILES string of the molecule is CS[C@@H]1CCC[C@@H]1N(C)C(=O)NCc1ccncc1. The lowest BCUT2D eigenvalue weighted by Gasteiger charge is -2.29. The van der Waals surface area contributed by atoms with Gasteiger partial charge in [-0.3, -0.25) is 4.98 Å². The zero-order valence-electron chi connectivity index (χ0n) is 11.5. The minimum absolute atomic E-state index is 0.0164. The van der Waals surface area contributed by atoms with Crippen molar-refractivity contribution >= 4 is 17.8 Å². The summed E-state index contributed by atoms with van der Waals surface area (Å²) in [5.74, 6) is 0. The van der Waals surface area contributed by atoms with E-state index < -0.39 is 0 Å². The van der Waals surface area contributed by atoms with Gasteiger partial charge in [0.05, 0.1) is 0 Å². The topological polar surface area (TPSA) is 45.2 Å². The number of pyridine rings is 1. The molecule has 0 radical (unpaired) electrons. The molecular weight excluding hydrogens is 258 g/mol. The van der Waals surface area contributed by atoms with Crippen molar-refractivity contribution in [2.24, 2.45) is 0 Å². The first kappa shape index (κ1) is 14.2. The Morgan fingerprint density at radius 1 is 1.47 bits per heavy atom. The number of hydrogen-bond acceptors (Lipinski definition) is 3. The molecule has 0 unspecified atom stereocenters. The first-order valence-electron chi connectivity index (χ1n) is 6.64. The van der Waals surface area contributed by atoms with Crippen LogP contribution >= 0.6 is 11.8 Å². The Labute approximate surface area is 119 Å². The summed E-state index contributed by atoms with van der Waals surface area (Å²) < 4.78 is 0. The molecule has 2 rings (SSSR count). The van der Waals surface area contributed by atoms with Crippen LogP contribution in [-0.2, 0) is 6.54 Å². The second kappa shape index (κ2) is 6.80. The van der Waals surface area contributed by atoms with Gasteiger partial charge in [-0.2, -0.15) is 11.8 Å². The van der Waals surface area contributed by atoms with Crippen LogP contribution in [0.5, 0.6) is 0 Å². The number of thioether (sulfide) groups is 1. The molecular formula is C14H21N3OS. The largest absolute Gasteiger partial charge is 0.334 e. The second-order valence-corrected chi connectivity index (χ2v) is 5.97. The Balaban J connectivity index is 1.85. The Kier molecular flexibility index (Phi) is 5.07. The molecule has 0 bridgehead atoms. The molecule has 4 nitrogen and oxygen atoms in total. The molecule has 2 amide bonds. The fraction of sp³-hybridized carbons (Fsp3) is 0.571. The van der Waals surface area contributed by atoms with Crippen LogP contribution in [0.15, 0.2) is 24.5 Å². The summed E-state index contributed by atoms with van der Waals surface area (Å²) >= 11 is 1.87. The number of nitrogens with one attached hydrogen (secondary N) is 1. The van der Waals surface area contributed by atoms with Gasteiger partial charge < -0.3 is 10.2 Å². The number of urea groups is 1. The normalized spacial score (nSPS) is 22.2. The standard InChI is InChI=1S/C14H21N3OS/c1-17(12-4-3-5-13(12)19-2)14(18)16-10-11-6-8-15-9-7-11/h6-9,12-13H,3-5,10H2,1-2H3,(H,16,18)/t12-,13+/m0/s1. The van der Waals surface area contributed by atoms with E-state index in [0.717, 1.165) is 12.0 Å². The minimum atomic E-state index is 0.0164. The molecule has 1 aromatic rings. The van der Waals surface area contributed by atoms with Gasteiger partial charge in [0.1, 0.15) is 0 Å². The summed E-state index contributed by atoms with van der Waals surface area (Å²) in [7, 11) is 1.90. The molecule has 0 aromatic carbocycles. The first-order valence-corrected chi connectivity index (χ1v) is 7.93. The summed E-state index contributed by atoms with van der Waals surface area (Å²) in [6, 6.07) is 4.22. The Hall–Kier alpha value is -1.23. The molecule has 1 fully saturated rings. The summed E-state index contributed by atoms with van der Waals surface area (Å²) in [4.78, 5) is 18.0. The third-order valence-corrected chi connectivity index (χ3v) is 4.89. The molecule has 0 spiro atoms. The lowest BCUT2D eigenvalue weighted by molar-refractivity contribution is 0.191. The van der Waals surface area contributed by atoms with Crippen molar-refractivity contribution in [3.8, 4) is 0 Å². The van der Waals surface area contributed by atoms with Crippen molar-refractivity contribution in [3.63, 3.8) is 0 Å². The van der Waals surface area contributed by atoms with E-state index in [-0.39, 0.29) is 6.03 Å². The number of rotatable bonds is 4. The number of carbonyl (C=O) groups is 1. The fourth-order valence-electron chi connectivity index (χ4n) is 2.58. The highest BCUT2D eigenvalue weighted by molar-refractivity contribution is 7.99. The average Bonchev–Trinajstić information content (AvgIpc) is 2.93. The van der Waals surface area contributed by atoms with Crippen molar-refractivity contribution in [1.82, 2.24) is 15.2 Å². The second-order valence-electron chi connectivity index (χ2n) is 4.90. The third-order valence-electron chi connectivity index (χ3n) is 3.73. The molecule has 0 aliphatic heterocycles. The molecule has 19 heavy (non-hydrogen) atoms. The molecule has 2 atom stereocenters. The maximum atomic E-state index is 12.2. The maximum Gasteiger partial charge on any atom is 0.317 e. The monoisotopic (exact) mass is 279 g/mol. The minimum Gasteiger partial charge on any atom is -0.334 e. The van der Waals surface area contributed by atoms with E-state index in [9.17, 15) is 4.79 Å². The highest BCUT2D eigenvalue weighted by Gasteiger charge is 2.31. The molecule has 0 saturated heterocycles. The van der Waals surface area contributed by atoms with Crippen LogP contribution in [0.1, 0.15) is 24.8 Å². The van der Waals surface area contributed by atoms with Crippen molar-refractivity contribution in [1.29, 1.82) is 0 Å². The maximum absolute atomic E-state index is 12.2. The van der Waals surface area contributed by atoms with Crippen molar-refractivity contribution < 1.29 is 4.79 Å². The van der Waals surface area contributed by atoms with Gasteiger partial charge >= 0.3 is 6.03 Å². The van der Waals surface area contributed by atoms with Crippen LogP contribution in [0.2, 0.25) is 0 Å². The Morgan fingerprint density at radius 3 is 2.89 bits per heavy atom. The molecule has 1 aliphatic carbocycles. The van der Waals surface area contributed by atoms with E-state index in [0.29, 0.717) is 17.8 Å². The van der Waals surface area contributed by atoms with Gasteiger partial charge in [0.15, 0.2) is 0 Å². The molecule has 1 heterocycles. The Bertz CT molecular complexity index is 412. The zero-order chi connectivity index (χ0) is 13.7. The number of nitrogens with zero attached hydrogens (tertiary/aromatic N) is 2. The summed E-state index contributed by atoms with van der Waals surface area (Å²) in [5.41, 5.74) is 1.07. The lowest BCUT2D eigenvalue weighted by atomic mass is 10.2. The van der Waals surface area contributed by atoms with E-state index in [4.69, 9.17) is 0 Å². The average molecular weight is 279 g/mol. The van der Waals surface area contributed by atoms with E-state index in [1.54, 1.807) is 12.4 Å². The lowest BCUT2D eigenvalue weighted by Crippen LogP contribution is -2.45. The van der Waals surface area contributed by atoms with Crippen LogP contribution in [-0.4, -0.2) is 40.5 Å². The summed E-state index contributed by atoms with van der Waals surface area (Å²) in [5, 5.41) is 3.55. The predicted molar refractivity (Wildman–Crippen MR) is 79.2 cm³/mol. The molecule has 1 N–H and O–H groups in total. The van der Waals surface area contributed by atoms with Gasteiger partial charge in [-0.1, -0.05) is 6.42 Å². The molecule has 1 aromatic heterocycles. The summed E-state index contributed by atoms with van der Waals surface area (Å²) in [6.07, 6.45) is 9.17. The van der Waals surface area contributed by atoms with Gasteiger partial charge in [-0.15, -0.1) is 0 Å². The van der Waals surface area contributed by atoms with Crippen LogP contribution in [0.3, 0.4) is 0 Å². The Morgan fingerprint density at radius 2 is 2.21 bits per heavy atom. The highest BCUT2D eigenvalue weighted by atomic mass is 32.2. The summed E-state index contributed by atoms with van der Waals surface area (Å²) in [6.45, 7) is 0.558. The molecule has 104 valence electrons. The van der Waals surface area contributed by atoms with Crippen molar-refractivity contribution in [2.75, 3.05) is 13.3 Å². The van der Waals surface area contributed by atoms with Gasteiger partial charge in [-0.05, 0) is 36.8 Å².